The summed E-state index contributed by atoms with van der Waals surface area (Å²) in [4.78, 5) is 2.20. The number of nitrogens with zero attached hydrogens (tertiary/aromatic N) is 1. The van der Waals surface area contributed by atoms with Crippen LogP contribution >= 0.6 is 0 Å². The van der Waals surface area contributed by atoms with Crippen molar-refractivity contribution < 1.29 is 12.8 Å². The van der Waals surface area contributed by atoms with Crippen LogP contribution in [0.1, 0.15) is 6.42 Å². The average molecular weight is 253 g/mol. The standard InChI is InChI=1S/C9H20FN3O2S/c10-2-1-9-16(14,15)12-5-8-13-6-3-11-4-7-13/h11-12H,1-9H2. The molecule has 0 radical (unpaired) electrons. The molecular weight excluding hydrogens is 233 g/mol. The predicted molar refractivity (Wildman–Crippen MR) is 61.7 cm³/mol. The Kier molecular flexibility index (Phi) is 6.18. The molecule has 1 fully saturated rings. The van der Waals surface area contributed by atoms with E-state index in [4.69, 9.17) is 0 Å². The third kappa shape index (κ3) is 5.74. The first kappa shape index (κ1) is 13.8. The Balaban J connectivity index is 2.13. The fourth-order valence-corrected chi connectivity index (χ4v) is 2.65. The molecule has 1 aliphatic heterocycles. The SMILES string of the molecule is O=S(=O)(CCCF)NCCN1CCNCC1. The van der Waals surface area contributed by atoms with E-state index in [1.165, 1.54) is 0 Å². The quantitative estimate of drug-likeness (QED) is 0.622. The molecule has 0 aliphatic carbocycles. The second-order valence-electron chi connectivity index (χ2n) is 3.85. The molecule has 96 valence electrons. The highest BCUT2D eigenvalue weighted by Gasteiger charge is 2.12. The van der Waals surface area contributed by atoms with Gasteiger partial charge >= 0.3 is 0 Å². The van der Waals surface area contributed by atoms with Gasteiger partial charge in [0.1, 0.15) is 0 Å². The van der Waals surface area contributed by atoms with Crippen molar-refractivity contribution in [1.82, 2.24) is 14.9 Å². The lowest BCUT2D eigenvalue weighted by Gasteiger charge is -2.27. The highest BCUT2D eigenvalue weighted by atomic mass is 32.2. The minimum atomic E-state index is -3.28. The monoisotopic (exact) mass is 253 g/mol. The summed E-state index contributed by atoms with van der Waals surface area (Å²) in [6.07, 6.45) is 0.0724. The Bertz CT molecular complexity index is 278. The lowest BCUT2D eigenvalue weighted by atomic mass is 10.3. The van der Waals surface area contributed by atoms with Gasteiger partial charge in [-0.2, -0.15) is 0 Å². The van der Waals surface area contributed by atoms with E-state index in [0.29, 0.717) is 6.54 Å². The van der Waals surface area contributed by atoms with Gasteiger partial charge in [0.2, 0.25) is 10.0 Å². The van der Waals surface area contributed by atoms with E-state index in [1.54, 1.807) is 0 Å². The van der Waals surface area contributed by atoms with Crippen LogP contribution in [0.15, 0.2) is 0 Å². The van der Waals surface area contributed by atoms with Crippen LogP contribution in [0.25, 0.3) is 0 Å². The lowest BCUT2D eigenvalue weighted by molar-refractivity contribution is 0.245. The van der Waals surface area contributed by atoms with Gasteiger partial charge in [0.05, 0.1) is 12.4 Å². The Hall–Kier alpha value is -0.240. The van der Waals surface area contributed by atoms with Crippen LogP contribution in [-0.4, -0.2) is 65.0 Å². The van der Waals surface area contributed by atoms with Crippen LogP contribution in [0, 0.1) is 0 Å². The molecule has 0 spiro atoms. The number of halogens is 1. The van der Waals surface area contributed by atoms with Crippen LogP contribution in [0.2, 0.25) is 0 Å². The van der Waals surface area contributed by atoms with Gasteiger partial charge in [0, 0.05) is 39.3 Å². The molecule has 7 heteroatoms. The molecule has 0 unspecified atom stereocenters. The molecule has 0 amide bonds. The Morgan fingerprint density at radius 2 is 2.00 bits per heavy atom. The number of hydrogen-bond donors (Lipinski definition) is 2. The summed E-state index contributed by atoms with van der Waals surface area (Å²) in [5.41, 5.74) is 0. The maximum Gasteiger partial charge on any atom is 0.211 e. The van der Waals surface area contributed by atoms with Gasteiger partial charge in [0.25, 0.3) is 0 Å². The molecule has 1 heterocycles. The van der Waals surface area contributed by atoms with Crippen LogP contribution in [-0.2, 0) is 10.0 Å². The molecule has 0 saturated carbocycles. The summed E-state index contributed by atoms with van der Waals surface area (Å²) in [5, 5.41) is 3.23. The molecule has 5 nitrogen and oxygen atoms in total. The number of alkyl halides is 1. The van der Waals surface area contributed by atoms with Gasteiger partial charge in [-0.3, -0.25) is 9.29 Å². The second-order valence-corrected chi connectivity index (χ2v) is 5.77. The van der Waals surface area contributed by atoms with E-state index in [1.807, 2.05) is 0 Å². The number of hydrogen-bond acceptors (Lipinski definition) is 4. The number of rotatable bonds is 7. The third-order valence-electron chi connectivity index (χ3n) is 2.51. The fourth-order valence-electron chi connectivity index (χ4n) is 1.61. The number of piperazine rings is 1. The molecule has 16 heavy (non-hydrogen) atoms. The van der Waals surface area contributed by atoms with Crippen molar-refractivity contribution in [1.29, 1.82) is 0 Å². The minimum Gasteiger partial charge on any atom is -0.314 e. The lowest BCUT2D eigenvalue weighted by Crippen LogP contribution is -2.46. The van der Waals surface area contributed by atoms with Crippen LogP contribution in [0.5, 0.6) is 0 Å². The van der Waals surface area contributed by atoms with E-state index < -0.39 is 16.7 Å². The molecule has 0 bridgehead atoms. The van der Waals surface area contributed by atoms with Gasteiger partial charge in [-0.15, -0.1) is 0 Å². The molecular formula is C9H20FN3O2S. The van der Waals surface area contributed by atoms with E-state index in [2.05, 4.69) is 14.9 Å². The number of nitrogens with one attached hydrogen (secondary N) is 2. The summed E-state index contributed by atoms with van der Waals surface area (Å²) in [7, 11) is -3.28. The maximum atomic E-state index is 11.8. The molecule has 0 aromatic carbocycles. The Morgan fingerprint density at radius 1 is 1.31 bits per heavy atom. The fraction of sp³-hybridized carbons (Fsp3) is 1.00. The highest BCUT2D eigenvalue weighted by Crippen LogP contribution is 1.93. The molecule has 1 aliphatic rings. The molecule has 2 N–H and O–H groups in total. The van der Waals surface area contributed by atoms with Crippen LogP contribution < -0.4 is 10.0 Å². The summed E-state index contributed by atoms with van der Waals surface area (Å²) < 4.78 is 37.0. The summed E-state index contributed by atoms with van der Waals surface area (Å²) in [6, 6.07) is 0. The van der Waals surface area contributed by atoms with Crippen molar-refractivity contribution in [2.24, 2.45) is 0 Å². The van der Waals surface area contributed by atoms with E-state index in [0.717, 1.165) is 32.7 Å². The Labute approximate surface area is 96.4 Å². The van der Waals surface area contributed by atoms with Gasteiger partial charge in [-0.1, -0.05) is 0 Å². The first-order valence-electron chi connectivity index (χ1n) is 5.60. The zero-order chi connectivity index (χ0) is 11.9. The zero-order valence-electron chi connectivity index (χ0n) is 9.41. The first-order chi connectivity index (χ1) is 7.64. The normalized spacial score (nSPS) is 18.8. The predicted octanol–water partition coefficient (Wildman–Crippen LogP) is -0.829. The molecule has 0 aromatic heterocycles. The van der Waals surface area contributed by atoms with Crippen molar-refractivity contribution in [2.75, 3.05) is 51.7 Å². The van der Waals surface area contributed by atoms with Crippen molar-refractivity contribution in [3.8, 4) is 0 Å². The van der Waals surface area contributed by atoms with Crippen molar-refractivity contribution in [2.45, 2.75) is 6.42 Å². The second kappa shape index (κ2) is 7.16. The molecule has 1 saturated heterocycles. The molecule has 0 atom stereocenters. The van der Waals surface area contributed by atoms with Gasteiger partial charge in [-0.25, -0.2) is 13.1 Å². The summed E-state index contributed by atoms with van der Waals surface area (Å²) >= 11 is 0. The third-order valence-corrected chi connectivity index (χ3v) is 3.98. The maximum absolute atomic E-state index is 11.8. The smallest absolute Gasteiger partial charge is 0.211 e. The molecule has 0 aromatic rings. The van der Waals surface area contributed by atoms with Gasteiger partial charge in [-0.05, 0) is 6.42 Å². The van der Waals surface area contributed by atoms with Crippen LogP contribution in [0.3, 0.4) is 0 Å². The van der Waals surface area contributed by atoms with E-state index in [9.17, 15) is 12.8 Å². The number of sulfonamides is 1. The highest BCUT2D eigenvalue weighted by molar-refractivity contribution is 7.89. The van der Waals surface area contributed by atoms with E-state index in [-0.39, 0.29) is 12.2 Å². The van der Waals surface area contributed by atoms with Crippen molar-refractivity contribution in [3.63, 3.8) is 0 Å². The largest absolute Gasteiger partial charge is 0.314 e. The van der Waals surface area contributed by atoms with Gasteiger partial charge < -0.3 is 5.32 Å². The van der Waals surface area contributed by atoms with Crippen LogP contribution in [0.4, 0.5) is 4.39 Å². The first-order valence-corrected chi connectivity index (χ1v) is 7.26. The summed E-state index contributed by atoms with van der Waals surface area (Å²) in [6.45, 7) is 4.35. The molecule has 1 rings (SSSR count). The van der Waals surface area contributed by atoms with Gasteiger partial charge in [0.15, 0.2) is 0 Å². The van der Waals surface area contributed by atoms with Crippen molar-refractivity contribution >= 4 is 10.0 Å². The van der Waals surface area contributed by atoms with Crippen molar-refractivity contribution in [3.05, 3.63) is 0 Å². The van der Waals surface area contributed by atoms with E-state index >= 15 is 0 Å². The topological polar surface area (TPSA) is 61.4 Å². The zero-order valence-corrected chi connectivity index (χ0v) is 10.2. The minimum absolute atomic E-state index is 0.0724. The summed E-state index contributed by atoms with van der Waals surface area (Å²) in [5.74, 6) is -0.120. The average Bonchev–Trinajstić information content (AvgIpc) is 2.28. The Morgan fingerprint density at radius 3 is 2.62 bits per heavy atom.